The van der Waals surface area contributed by atoms with Crippen LogP contribution in [0.5, 0.6) is 0 Å². The summed E-state index contributed by atoms with van der Waals surface area (Å²) in [6.45, 7) is 4.70. The Bertz CT molecular complexity index is 1290. The number of sulfonamides is 1. The number of carbonyl (C=O) groups excluding carboxylic acids is 1. The largest absolute Gasteiger partial charge is 0.340 e. The van der Waals surface area contributed by atoms with Crippen LogP contribution >= 0.6 is 0 Å². The number of benzene rings is 2. The van der Waals surface area contributed by atoms with E-state index in [0.717, 1.165) is 17.1 Å². The molecule has 184 valence electrons. The summed E-state index contributed by atoms with van der Waals surface area (Å²) in [4.78, 5) is 21.6. The Morgan fingerprint density at radius 2 is 1.46 bits per heavy atom. The second kappa shape index (κ2) is 10.4. The van der Waals surface area contributed by atoms with E-state index < -0.39 is 10.0 Å². The molecular formula is C25H30N6O3S. The number of nitrogens with zero attached hydrogens (tertiary/aromatic N) is 3. The van der Waals surface area contributed by atoms with E-state index in [9.17, 15) is 13.2 Å². The van der Waals surface area contributed by atoms with Gasteiger partial charge in [0, 0.05) is 47.8 Å². The van der Waals surface area contributed by atoms with E-state index in [4.69, 9.17) is 0 Å². The quantitative estimate of drug-likeness (QED) is 0.451. The molecule has 4 rings (SSSR count). The second-order valence-electron chi connectivity index (χ2n) is 8.84. The van der Waals surface area contributed by atoms with Gasteiger partial charge in [0.15, 0.2) is 0 Å². The molecule has 3 aromatic rings. The minimum atomic E-state index is -3.21. The Morgan fingerprint density at radius 3 is 2.09 bits per heavy atom. The number of hydrogen-bond donors (Lipinski definition) is 3. The van der Waals surface area contributed by atoms with Crippen LogP contribution in [0.4, 0.5) is 28.8 Å². The Morgan fingerprint density at radius 1 is 0.886 bits per heavy atom. The van der Waals surface area contributed by atoms with Crippen LogP contribution in [0.15, 0.2) is 54.6 Å². The van der Waals surface area contributed by atoms with E-state index in [1.807, 2.05) is 68.4 Å². The van der Waals surface area contributed by atoms with E-state index in [2.05, 4.69) is 25.9 Å². The molecule has 0 radical (unpaired) electrons. The maximum Gasteiger partial charge on any atom is 0.229 e. The second-order valence-corrected chi connectivity index (χ2v) is 10.8. The highest BCUT2D eigenvalue weighted by Gasteiger charge is 2.28. The lowest BCUT2D eigenvalue weighted by atomic mass is 9.97. The van der Waals surface area contributed by atoms with E-state index in [1.165, 1.54) is 16.1 Å². The van der Waals surface area contributed by atoms with Gasteiger partial charge >= 0.3 is 0 Å². The summed E-state index contributed by atoms with van der Waals surface area (Å²) in [5.74, 6) is 0.863. The topological polar surface area (TPSA) is 116 Å². The molecule has 0 unspecified atom stereocenters. The Balaban J connectivity index is 1.35. The predicted octanol–water partition coefficient (Wildman–Crippen LogP) is 4.19. The van der Waals surface area contributed by atoms with Crippen LogP contribution in [0.2, 0.25) is 0 Å². The van der Waals surface area contributed by atoms with Gasteiger partial charge in [0.05, 0.1) is 6.26 Å². The van der Waals surface area contributed by atoms with Crippen LogP contribution in [-0.4, -0.2) is 47.9 Å². The number of amides is 1. The molecule has 1 saturated heterocycles. The lowest BCUT2D eigenvalue weighted by Crippen LogP contribution is -2.40. The minimum Gasteiger partial charge on any atom is -0.340 e. The summed E-state index contributed by atoms with van der Waals surface area (Å²) >= 11 is 0. The molecule has 1 aromatic heterocycles. The number of rotatable bonds is 7. The fraction of sp³-hybridized carbons (Fsp3) is 0.320. The number of carbonyl (C=O) groups is 1. The normalized spacial score (nSPS) is 14.9. The molecule has 2 aromatic carbocycles. The number of aromatic nitrogens is 2. The number of aryl methyl sites for hydroxylation is 2. The van der Waals surface area contributed by atoms with Crippen LogP contribution in [0, 0.1) is 19.8 Å². The van der Waals surface area contributed by atoms with Crippen molar-refractivity contribution >= 4 is 44.8 Å². The van der Waals surface area contributed by atoms with Gasteiger partial charge in [-0.25, -0.2) is 17.7 Å². The summed E-state index contributed by atoms with van der Waals surface area (Å²) in [5.41, 5.74) is 4.42. The van der Waals surface area contributed by atoms with Crippen molar-refractivity contribution in [2.24, 2.45) is 5.92 Å². The van der Waals surface area contributed by atoms with Crippen molar-refractivity contribution in [1.29, 1.82) is 0 Å². The van der Waals surface area contributed by atoms with Gasteiger partial charge in [0.25, 0.3) is 0 Å². The van der Waals surface area contributed by atoms with E-state index in [1.54, 1.807) is 0 Å². The van der Waals surface area contributed by atoms with E-state index in [-0.39, 0.29) is 11.8 Å². The van der Waals surface area contributed by atoms with Gasteiger partial charge in [0.1, 0.15) is 5.82 Å². The van der Waals surface area contributed by atoms with Crippen molar-refractivity contribution in [3.05, 3.63) is 65.9 Å². The van der Waals surface area contributed by atoms with Crippen molar-refractivity contribution in [2.45, 2.75) is 26.7 Å². The van der Waals surface area contributed by atoms with Crippen molar-refractivity contribution in [2.75, 3.05) is 35.3 Å². The number of anilines is 5. The lowest BCUT2D eigenvalue weighted by Gasteiger charge is -2.29. The van der Waals surface area contributed by atoms with Crippen molar-refractivity contribution in [3.63, 3.8) is 0 Å². The fourth-order valence-electron chi connectivity index (χ4n) is 3.93. The molecule has 9 nitrogen and oxygen atoms in total. The zero-order chi connectivity index (χ0) is 25.0. The van der Waals surface area contributed by atoms with Gasteiger partial charge in [-0.1, -0.05) is 17.7 Å². The lowest BCUT2D eigenvalue weighted by molar-refractivity contribution is -0.120. The maximum absolute atomic E-state index is 12.6. The van der Waals surface area contributed by atoms with Gasteiger partial charge < -0.3 is 16.0 Å². The maximum atomic E-state index is 12.6. The molecule has 35 heavy (non-hydrogen) atoms. The smallest absolute Gasteiger partial charge is 0.229 e. The first-order chi connectivity index (χ1) is 16.7. The van der Waals surface area contributed by atoms with Gasteiger partial charge in [-0.2, -0.15) is 4.98 Å². The number of piperidine rings is 1. The summed E-state index contributed by atoms with van der Waals surface area (Å²) in [5, 5.41) is 9.43. The first-order valence-corrected chi connectivity index (χ1v) is 13.3. The third-order valence-corrected chi connectivity index (χ3v) is 7.18. The SMILES string of the molecule is Cc1ccc(Nc2cc(C)nc(Nc3ccc(NC(=O)C4CCN(S(C)(=O)=O)CC4)cc3)n2)cc1. The van der Waals surface area contributed by atoms with Crippen LogP contribution in [-0.2, 0) is 14.8 Å². The molecule has 1 fully saturated rings. The van der Waals surface area contributed by atoms with Crippen LogP contribution in [0.25, 0.3) is 0 Å². The summed E-state index contributed by atoms with van der Waals surface area (Å²) in [6.07, 6.45) is 2.23. The molecule has 0 atom stereocenters. The standard InChI is InChI=1S/C25H30N6O3S/c1-17-4-6-20(7-5-17)27-23-16-18(2)26-25(30-23)29-22-10-8-21(9-11-22)28-24(32)19-12-14-31(15-13-19)35(3,33)34/h4-11,16,19H,12-15H2,1-3H3,(H,28,32)(H2,26,27,29,30). The summed E-state index contributed by atoms with van der Waals surface area (Å²) in [7, 11) is -3.21. The van der Waals surface area contributed by atoms with Crippen molar-refractivity contribution in [1.82, 2.24) is 14.3 Å². The van der Waals surface area contributed by atoms with E-state index in [0.29, 0.717) is 43.4 Å². The summed E-state index contributed by atoms with van der Waals surface area (Å²) < 4.78 is 24.7. The molecule has 0 bridgehead atoms. The average Bonchev–Trinajstić information content (AvgIpc) is 2.81. The van der Waals surface area contributed by atoms with Gasteiger partial charge in [0.2, 0.25) is 21.9 Å². The van der Waals surface area contributed by atoms with Gasteiger partial charge in [-0.05, 0) is 63.1 Å². The highest BCUT2D eigenvalue weighted by atomic mass is 32.2. The zero-order valence-corrected chi connectivity index (χ0v) is 20.9. The van der Waals surface area contributed by atoms with Crippen LogP contribution < -0.4 is 16.0 Å². The molecule has 0 saturated carbocycles. The Hall–Kier alpha value is -3.50. The summed E-state index contributed by atoms with van der Waals surface area (Å²) in [6, 6.07) is 17.3. The molecule has 2 heterocycles. The molecule has 1 amide bonds. The zero-order valence-electron chi connectivity index (χ0n) is 20.1. The molecule has 0 spiro atoms. The molecule has 10 heteroatoms. The predicted molar refractivity (Wildman–Crippen MR) is 139 cm³/mol. The third kappa shape index (κ3) is 6.77. The highest BCUT2D eigenvalue weighted by Crippen LogP contribution is 2.23. The number of hydrogen-bond acceptors (Lipinski definition) is 7. The Labute approximate surface area is 206 Å². The van der Waals surface area contributed by atoms with Crippen LogP contribution in [0.3, 0.4) is 0 Å². The third-order valence-electron chi connectivity index (χ3n) is 5.88. The van der Waals surface area contributed by atoms with Crippen molar-refractivity contribution in [3.8, 4) is 0 Å². The fourth-order valence-corrected chi connectivity index (χ4v) is 4.81. The molecule has 1 aliphatic rings. The van der Waals surface area contributed by atoms with Gasteiger partial charge in [-0.15, -0.1) is 0 Å². The average molecular weight is 495 g/mol. The molecule has 3 N–H and O–H groups in total. The molecular weight excluding hydrogens is 464 g/mol. The molecule has 1 aliphatic heterocycles. The Kier molecular flexibility index (Phi) is 7.32. The first kappa shape index (κ1) is 24.6. The van der Waals surface area contributed by atoms with Crippen molar-refractivity contribution < 1.29 is 13.2 Å². The van der Waals surface area contributed by atoms with E-state index >= 15 is 0 Å². The molecule has 0 aliphatic carbocycles. The first-order valence-electron chi connectivity index (χ1n) is 11.5. The van der Waals surface area contributed by atoms with Gasteiger partial charge in [-0.3, -0.25) is 4.79 Å². The number of nitrogens with one attached hydrogen (secondary N) is 3. The highest BCUT2D eigenvalue weighted by molar-refractivity contribution is 7.88. The van der Waals surface area contributed by atoms with Crippen LogP contribution in [0.1, 0.15) is 24.1 Å². The minimum absolute atomic E-state index is 0.0901. The monoisotopic (exact) mass is 494 g/mol.